The standard InChI is InChI=1S/C16H22N4O5/c1-11-3-4-12(20(24)25)9-13(11)17-15(21)10-14(16(22)23)19-7-5-18(2)6-8-19/h3-4,9,14H,5-8,10H2,1-2H3,(H,17,21)(H,22,23)/t14-/m0/s1. The maximum Gasteiger partial charge on any atom is 0.321 e. The SMILES string of the molecule is Cc1ccc([N+](=O)[O-])cc1NC(=O)C[C@@H](C(=O)O)N1CCN(C)CC1. The molecule has 0 aliphatic carbocycles. The topological polar surface area (TPSA) is 116 Å². The van der Waals surface area contributed by atoms with Crippen LogP contribution in [-0.4, -0.2) is 71.0 Å². The number of nitro groups is 1. The molecule has 2 rings (SSSR count). The third-order valence-corrected chi connectivity index (χ3v) is 4.35. The third kappa shape index (κ3) is 4.97. The minimum atomic E-state index is -1.05. The number of hydrogen-bond donors (Lipinski definition) is 2. The Morgan fingerprint density at radius 2 is 1.96 bits per heavy atom. The van der Waals surface area contributed by atoms with Gasteiger partial charge in [0.1, 0.15) is 6.04 Å². The molecule has 136 valence electrons. The lowest BCUT2D eigenvalue weighted by Gasteiger charge is -2.35. The van der Waals surface area contributed by atoms with E-state index in [9.17, 15) is 24.8 Å². The van der Waals surface area contributed by atoms with E-state index < -0.39 is 22.8 Å². The number of likely N-dealkylation sites (N-methyl/N-ethyl adjacent to an activating group) is 1. The minimum Gasteiger partial charge on any atom is -0.480 e. The first-order valence-corrected chi connectivity index (χ1v) is 7.98. The van der Waals surface area contributed by atoms with Crippen LogP contribution >= 0.6 is 0 Å². The second-order valence-corrected chi connectivity index (χ2v) is 6.20. The first-order valence-electron chi connectivity index (χ1n) is 7.98. The molecule has 1 heterocycles. The number of carboxylic acid groups (broad SMARTS) is 1. The quantitative estimate of drug-likeness (QED) is 0.579. The van der Waals surface area contributed by atoms with E-state index in [2.05, 4.69) is 10.2 Å². The molecule has 0 bridgehead atoms. The monoisotopic (exact) mass is 350 g/mol. The summed E-state index contributed by atoms with van der Waals surface area (Å²) in [5.74, 6) is -1.52. The summed E-state index contributed by atoms with van der Waals surface area (Å²) in [6.07, 6.45) is -0.207. The molecular weight excluding hydrogens is 328 g/mol. The van der Waals surface area contributed by atoms with Crippen LogP contribution in [0.4, 0.5) is 11.4 Å². The summed E-state index contributed by atoms with van der Waals surface area (Å²) in [6.45, 7) is 4.37. The number of benzene rings is 1. The molecule has 0 saturated carbocycles. The molecule has 1 aromatic rings. The van der Waals surface area contributed by atoms with Crippen LogP contribution in [0.1, 0.15) is 12.0 Å². The number of non-ortho nitro benzene ring substituents is 1. The highest BCUT2D eigenvalue weighted by molar-refractivity contribution is 5.94. The number of amides is 1. The highest BCUT2D eigenvalue weighted by Gasteiger charge is 2.30. The van der Waals surface area contributed by atoms with E-state index in [1.807, 2.05) is 7.05 Å². The Kier molecular flexibility index (Phi) is 6.05. The number of piperazine rings is 1. The summed E-state index contributed by atoms with van der Waals surface area (Å²) >= 11 is 0. The van der Waals surface area contributed by atoms with Gasteiger partial charge in [-0.1, -0.05) is 6.07 Å². The van der Waals surface area contributed by atoms with Crippen LogP contribution < -0.4 is 5.32 Å². The highest BCUT2D eigenvalue weighted by atomic mass is 16.6. The fourth-order valence-corrected chi connectivity index (χ4v) is 2.74. The Balaban J connectivity index is 2.05. The molecule has 1 amide bonds. The van der Waals surface area contributed by atoms with Crippen molar-refractivity contribution < 1.29 is 19.6 Å². The summed E-state index contributed by atoms with van der Waals surface area (Å²) in [4.78, 5) is 38.0. The molecule has 0 spiro atoms. The van der Waals surface area contributed by atoms with Gasteiger partial charge >= 0.3 is 5.97 Å². The average Bonchev–Trinajstić information content (AvgIpc) is 2.55. The predicted octanol–water partition coefficient (Wildman–Crippen LogP) is 0.932. The largest absolute Gasteiger partial charge is 0.480 e. The van der Waals surface area contributed by atoms with Crippen molar-refractivity contribution in [3.05, 3.63) is 33.9 Å². The first-order chi connectivity index (χ1) is 11.8. The van der Waals surface area contributed by atoms with Crippen molar-refractivity contribution in [3.63, 3.8) is 0 Å². The van der Waals surface area contributed by atoms with Crippen molar-refractivity contribution in [2.24, 2.45) is 0 Å². The number of hydrogen-bond acceptors (Lipinski definition) is 6. The first kappa shape index (κ1) is 18.8. The van der Waals surface area contributed by atoms with Gasteiger partial charge in [0.2, 0.25) is 5.91 Å². The van der Waals surface area contributed by atoms with Crippen molar-refractivity contribution >= 4 is 23.3 Å². The third-order valence-electron chi connectivity index (χ3n) is 4.35. The zero-order valence-corrected chi connectivity index (χ0v) is 14.3. The summed E-state index contributed by atoms with van der Waals surface area (Å²) in [6, 6.07) is 3.27. The molecule has 1 atom stereocenters. The molecule has 25 heavy (non-hydrogen) atoms. The van der Waals surface area contributed by atoms with Gasteiger partial charge in [0.05, 0.1) is 17.0 Å². The van der Waals surface area contributed by atoms with Crippen LogP contribution in [0.25, 0.3) is 0 Å². The lowest BCUT2D eigenvalue weighted by molar-refractivity contribution is -0.384. The number of aryl methyl sites for hydroxylation is 1. The molecule has 1 aliphatic rings. The number of aliphatic carboxylic acids is 1. The fourth-order valence-electron chi connectivity index (χ4n) is 2.74. The smallest absolute Gasteiger partial charge is 0.321 e. The van der Waals surface area contributed by atoms with E-state index >= 15 is 0 Å². The Morgan fingerprint density at radius 1 is 1.32 bits per heavy atom. The average molecular weight is 350 g/mol. The minimum absolute atomic E-state index is 0.130. The molecule has 1 aliphatic heterocycles. The highest BCUT2D eigenvalue weighted by Crippen LogP contribution is 2.22. The molecule has 0 radical (unpaired) electrons. The molecule has 9 nitrogen and oxygen atoms in total. The Labute approximate surface area is 145 Å². The van der Waals surface area contributed by atoms with Gasteiger partial charge in [-0.3, -0.25) is 24.6 Å². The number of carboxylic acids is 1. The molecule has 0 aromatic heterocycles. The van der Waals surface area contributed by atoms with Gasteiger partial charge in [0, 0.05) is 38.3 Å². The van der Waals surface area contributed by atoms with Crippen LogP contribution in [0.5, 0.6) is 0 Å². The van der Waals surface area contributed by atoms with Crippen molar-refractivity contribution in [1.82, 2.24) is 9.80 Å². The van der Waals surface area contributed by atoms with Gasteiger partial charge in [0.15, 0.2) is 0 Å². The van der Waals surface area contributed by atoms with E-state index in [0.717, 1.165) is 13.1 Å². The summed E-state index contributed by atoms with van der Waals surface area (Å²) in [5.41, 5.74) is 0.863. The zero-order valence-electron chi connectivity index (χ0n) is 14.3. The number of nitrogens with one attached hydrogen (secondary N) is 1. The molecule has 1 saturated heterocycles. The molecule has 2 N–H and O–H groups in total. The molecule has 1 fully saturated rings. The second kappa shape index (κ2) is 8.04. The van der Waals surface area contributed by atoms with Crippen LogP contribution in [0, 0.1) is 17.0 Å². The van der Waals surface area contributed by atoms with Crippen LogP contribution in [-0.2, 0) is 9.59 Å². The molecule has 0 unspecified atom stereocenters. The van der Waals surface area contributed by atoms with Gasteiger partial charge in [0.25, 0.3) is 5.69 Å². The van der Waals surface area contributed by atoms with Crippen molar-refractivity contribution in [2.45, 2.75) is 19.4 Å². The second-order valence-electron chi connectivity index (χ2n) is 6.20. The number of rotatable bonds is 6. The van der Waals surface area contributed by atoms with Gasteiger partial charge in [-0.05, 0) is 19.5 Å². The van der Waals surface area contributed by atoms with Crippen molar-refractivity contribution in [1.29, 1.82) is 0 Å². The molecule has 1 aromatic carbocycles. The number of carbonyl (C=O) groups is 2. The number of carbonyl (C=O) groups excluding carboxylic acids is 1. The summed E-state index contributed by atoms with van der Waals surface area (Å²) < 4.78 is 0. The Bertz CT molecular complexity index is 670. The van der Waals surface area contributed by atoms with E-state index in [4.69, 9.17) is 0 Å². The van der Waals surface area contributed by atoms with Gasteiger partial charge in [-0.15, -0.1) is 0 Å². The van der Waals surface area contributed by atoms with E-state index in [1.54, 1.807) is 17.9 Å². The van der Waals surface area contributed by atoms with E-state index in [-0.39, 0.29) is 12.1 Å². The summed E-state index contributed by atoms with van der Waals surface area (Å²) in [7, 11) is 1.96. The number of anilines is 1. The summed E-state index contributed by atoms with van der Waals surface area (Å²) in [5, 5.41) is 22.9. The van der Waals surface area contributed by atoms with E-state index in [0.29, 0.717) is 24.3 Å². The molecule has 9 heteroatoms. The predicted molar refractivity (Wildman–Crippen MR) is 91.6 cm³/mol. The van der Waals surface area contributed by atoms with Gasteiger partial charge in [-0.2, -0.15) is 0 Å². The van der Waals surface area contributed by atoms with E-state index in [1.165, 1.54) is 12.1 Å². The zero-order chi connectivity index (χ0) is 18.6. The van der Waals surface area contributed by atoms with Crippen molar-refractivity contribution in [2.75, 3.05) is 38.5 Å². The van der Waals surface area contributed by atoms with Crippen LogP contribution in [0.15, 0.2) is 18.2 Å². The maximum atomic E-state index is 12.3. The number of nitrogens with zero attached hydrogens (tertiary/aromatic N) is 3. The van der Waals surface area contributed by atoms with Gasteiger partial charge < -0.3 is 15.3 Å². The van der Waals surface area contributed by atoms with Crippen LogP contribution in [0.3, 0.4) is 0 Å². The maximum absolute atomic E-state index is 12.3. The lowest BCUT2D eigenvalue weighted by Crippen LogP contribution is -2.52. The lowest BCUT2D eigenvalue weighted by atomic mass is 10.1. The van der Waals surface area contributed by atoms with Crippen molar-refractivity contribution in [3.8, 4) is 0 Å². The van der Waals surface area contributed by atoms with Crippen LogP contribution in [0.2, 0.25) is 0 Å². The van der Waals surface area contributed by atoms with Gasteiger partial charge in [-0.25, -0.2) is 0 Å². The normalized spacial score (nSPS) is 17.0. The number of nitro benzene ring substituents is 1. The molecular formula is C16H22N4O5. The Hall–Kier alpha value is -2.52. The fraction of sp³-hybridized carbons (Fsp3) is 0.500. The Morgan fingerprint density at radius 3 is 2.52 bits per heavy atom.